The fourth-order valence-corrected chi connectivity index (χ4v) is 5.29. The molecule has 1 aromatic carbocycles. The van der Waals surface area contributed by atoms with Crippen LogP contribution in [0.4, 0.5) is 5.69 Å². The van der Waals surface area contributed by atoms with Crippen LogP contribution in [-0.2, 0) is 4.79 Å². The lowest BCUT2D eigenvalue weighted by Gasteiger charge is -2.30. The highest BCUT2D eigenvalue weighted by Crippen LogP contribution is 2.46. The number of aromatic nitrogens is 1. The lowest BCUT2D eigenvalue weighted by atomic mass is 9.90. The Balaban J connectivity index is 1.38. The highest BCUT2D eigenvalue weighted by molar-refractivity contribution is 5.95. The van der Waals surface area contributed by atoms with Crippen molar-refractivity contribution in [3.8, 4) is 6.07 Å². The molecule has 0 spiro atoms. The summed E-state index contributed by atoms with van der Waals surface area (Å²) in [5.74, 6) is 1.36. The van der Waals surface area contributed by atoms with Gasteiger partial charge < -0.3 is 15.1 Å². The molecule has 0 radical (unpaired) electrons. The summed E-state index contributed by atoms with van der Waals surface area (Å²) in [6.45, 7) is 3.76. The first-order valence-corrected chi connectivity index (χ1v) is 11.2. The predicted molar refractivity (Wildman–Crippen MR) is 117 cm³/mol. The summed E-state index contributed by atoms with van der Waals surface area (Å²) in [5.41, 5.74) is 2.45. The minimum atomic E-state index is 0.0412. The number of hydrogen-bond donors (Lipinski definition) is 1. The van der Waals surface area contributed by atoms with Crippen LogP contribution in [0.2, 0.25) is 0 Å². The summed E-state index contributed by atoms with van der Waals surface area (Å²) in [6, 6.07) is 10.4. The van der Waals surface area contributed by atoms with Crippen molar-refractivity contribution in [3.05, 3.63) is 36.0 Å². The Hall–Kier alpha value is -2.65. The number of hydrogen-bond acceptors (Lipinski definition) is 5. The monoisotopic (exact) mass is 403 g/mol. The molecule has 1 aliphatic carbocycles. The van der Waals surface area contributed by atoms with Crippen LogP contribution < -0.4 is 10.2 Å². The normalized spacial score (nSPS) is 25.4. The van der Waals surface area contributed by atoms with Crippen LogP contribution in [0.1, 0.15) is 31.2 Å². The molecule has 156 valence electrons. The maximum atomic E-state index is 13.3. The van der Waals surface area contributed by atoms with Crippen molar-refractivity contribution in [2.24, 2.45) is 17.8 Å². The molecule has 1 saturated carbocycles. The maximum absolute atomic E-state index is 13.3. The molecule has 2 saturated heterocycles. The molecule has 30 heavy (non-hydrogen) atoms. The second-order valence-corrected chi connectivity index (χ2v) is 9.24. The number of benzene rings is 1. The number of rotatable bonds is 4. The second kappa shape index (κ2) is 7.88. The molecule has 2 aliphatic heterocycles. The zero-order chi connectivity index (χ0) is 20.7. The summed E-state index contributed by atoms with van der Waals surface area (Å²) >= 11 is 0. The van der Waals surface area contributed by atoms with Gasteiger partial charge >= 0.3 is 0 Å². The summed E-state index contributed by atoms with van der Waals surface area (Å²) in [7, 11) is 2.15. The molecule has 2 unspecified atom stereocenters. The number of pyridine rings is 1. The number of fused-ring (bicyclic) bond motifs is 1. The second-order valence-electron chi connectivity index (χ2n) is 9.24. The van der Waals surface area contributed by atoms with Crippen LogP contribution in [0.25, 0.3) is 10.9 Å². The minimum Gasteiger partial charge on any atom is -0.370 e. The molecular weight excluding hydrogens is 374 g/mol. The van der Waals surface area contributed by atoms with Crippen molar-refractivity contribution in [3.63, 3.8) is 0 Å². The highest BCUT2D eigenvalue weighted by atomic mass is 16.2. The van der Waals surface area contributed by atoms with Crippen molar-refractivity contribution in [1.29, 1.82) is 5.26 Å². The SMILES string of the molecule is CN1CCC(NC(=O)C2CN(c3ccc(C#N)c4ncccc34)CC2C2CC2)CC1. The Morgan fingerprint density at radius 1 is 1.17 bits per heavy atom. The topological polar surface area (TPSA) is 72.3 Å². The van der Waals surface area contributed by atoms with E-state index in [4.69, 9.17) is 0 Å². The van der Waals surface area contributed by atoms with Gasteiger partial charge in [-0.1, -0.05) is 0 Å². The third-order valence-corrected chi connectivity index (χ3v) is 7.20. The van der Waals surface area contributed by atoms with Crippen LogP contribution >= 0.6 is 0 Å². The summed E-state index contributed by atoms with van der Waals surface area (Å²) < 4.78 is 0. The van der Waals surface area contributed by atoms with E-state index in [0.29, 0.717) is 23.4 Å². The molecule has 1 aromatic heterocycles. The zero-order valence-corrected chi connectivity index (χ0v) is 17.6. The Morgan fingerprint density at radius 3 is 2.70 bits per heavy atom. The van der Waals surface area contributed by atoms with Gasteiger partial charge in [-0.3, -0.25) is 9.78 Å². The van der Waals surface area contributed by atoms with Gasteiger partial charge in [-0.05, 0) is 81.9 Å². The molecule has 1 amide bonds. The molecule has 3 heterocycles. The van der Waals surface area contributed by atoms with Crippen molar-refractivity contribution >= 4 is 22.5 Å². The number of likely N-dealkylation sites (tertiary alicyclic amines) is 1. The molecule has 3 aliphatic rings. The molecule has 6 nitrogen and oxygen atoms in total. The molecular formula is C24H29N5O. The van der Waals surface area contributed by atoms with Crippen LogP contribution in [0.5, 0.6) is 0 Å². The molecule has 1 N–H and O–H groups in total. The molecule has 6 heteroatoms. The van der Waals surface area contributed by atoms with Crippen LogP contribution in [0.3, 0.4) is 0 Å². The van der Waals surface area contributed by atoms with E-state index in [1.54, 1.807) is 6.20 Å². The van der Waals surface area contributed by atoms with Crippen molar-refractivity contribution in [2.75, 3.05) is 38.1 Å². The van der Waals surface area contributed by atoms with Gasteiger partial charge in [0.05, 0.1) is 17.0 Å². The van der Waals surface area contributed by atoms with E-state index in [1.165, 1.54) is 12.8 Å². The molecule has 2 aromatic rings. The summed E-state index contributed by atoms with van der Waals surface area (Å²) in [5, 5.41) is 13.8. The molecule has 3 fully saturated rings. The third kappa shape index (κ3) is 3.63. The Bertz CT molecular complexity index is 987. The van der Waals surface area contributed by atoms with Gasteiger partial charge in [0.25, 0.3) is 0 Å². The smallest absolute Gasteiger partial charge is 0.225 e. The number of piperidine rings is 1. The van der Waals surface area contributed by atoms with Gasteiger partial charge in [0.2, 0.25) is 5.91 Å². The van der Waals surface area contributed by atoms with Gasteiger partial charge in [0.1, 0.15) is 6.07 Å². The molecule has 0 bridgehead atoms. The first kappa shape index (κ1) is 19.3. The summed E-state index contributed by atoms with van der Waals surface area (Å²) in [4.78, 5) is 22.4. The number of carbonyl (C=O) groups excluding carboxylic acids is 1. The Labute approximate surface area is 177 Å². The van der Waals surface area contributed by atoms with Crippen LogP contribution in [0, 0.1) is 29.1 Å². The molecule has 5 rings (SSSR count). The van der Waals surface area contributed by atoms with Gasteiger partial charge in [-0.2, -0.15) is 5.26 Å². The van der Waals surface area contributed by atoms with E-state index < -0.39 is 0 Å². The number of carbonyl (C=O) groups is 1. The average Bonchev–Trinajstić information content (AvgIpc) is 3.52. The third-order valence-electron chi connectivity index (χ3n) is 7.20. The lowest BCUT2D eigenvalue weighted by molar-refractivity contribution is -0.126. The van der Waals surface area contributed by atoms with E-state index in [9.17, 15) is 10.1 Å². The number of nitriles is 1. The first-order chi connectivity index (χ1) is 14.6. The number of anilines is 1. The lowest BCUT2D eigenvalue weighted by Crippen LogP contribution is -2.46. The van der Waals surface area contributed by atoms with Crippen LogP contribution in [-0.4, -0.2) is 55.1 Å². The van der Waals surface area contributed by atoms with Gasteiger partial charge in [-0.25, -0.2) is 0 Å². The fraction of sp³-hybridized carbons (Fsp3) is 0.542. The van der Waals surface area contributed by atoms with E-state index >= 15 is 0 Å². The standard InChI is InChI=1S/C24H29N5O/c1-28-11-8-18(9-12-28)27-24(30)21-15-29(14-20(21)16-4-5-16)22-7-6-17(13-25)23-19(22)3-2-10-26-23/h2-3,6-7,10,16,18,20-21H,4-5,8-9,11-12,14-15H2,1H3,(H,27,30). The van der Waals surface area contributed by atoms with E-state index in [1.807, 2.05) is 24.3 Å². The fourth-order valence-electron chi connectivity index (χ4n) is 5.29. The van der Waals surface area contributed by atoms with E-state index in [-0.39, 0.29) is 11.8 Å². The first-order valence-electron chi connectivity index (χ1n) is 11.2. The van der Waals surface area contributed by atoms with E-state index in [0.717, 1.165) is 55.6 Å². The Kier molecular flexibility index (Phi) is 5.08. The maximum Gasteiger partial charge on any atom is 0.225 e. The van der Waals surface area contributed by atoms with Crippen LogP contribution in [0.15, 0.2) is 30.5 Å². The van der Waals surface area contributed by atoms with Crippen molar-refractivity contribution < 1.29 is 4.79 Å². The summed E-state index contributed by atoms with van der Waals surface area (Å²) in [6.07, 6.45) is 6.30. The molecule has 2 atom stereocenters. The van der Waals surface area contributed by atoms with Crippen molar-refractivity contribution in [1.82, 2.24) is 15.2 Å². The minimum absolute atomic E-state index is 0.0412. The largest absolute Gasteiger partial charge is 0.370 e. The van der Waals surface area contributed by atoms with Crippen molar-refractivity contribution in [2.45, 2.75) is 31.7 Å². The van der Waals surface area contributed by atoms with Gasteiger partial charge in [0, 0.05) is 36.4 Å². The number of nitrogens with zero attached hydrogens (tertiary/aromatic N) is 4. The number of nitrogens with one attached hydrogen (secondary N) is 1. The highest BCUT2D eigenvalue weighted by Gasteiger charge is 2.46. The quantitative estimate of drug-likeness (QED) is 0.850. The average molecular weight is 404 g/mol. The zero-order valence-electron chi connectivity index (χ0n) is 17.6. The predicted octanol–water partition coefficient (Wildman–Crippen LogP) is 2.78. The van der Waals surface area contributed by atoms with Gasteiger partial charge in [-0.15, -0.1) is 0 Å². The van der Waals surface area contributed by atoms with Gasteiger partial charge in [0.15, 0.2) is 0 Å². The number of amides is 1. The Morgan fingerprint density at radius 2 is 1.97 bits per heavy atom. The van der Waals surface area contributed by atoms with E-state index in [2.05, 4.69) is 33.2 Å².